The smallest absolute Gasteiger partial charge is 0.237 e. The van der Waals surface area contributed by atoms with Crippen molar-refractivity contribution in [2.75, 3.05) is 12.4 Å². The van der Waals surface area contributed by atoms with E-state index in [0.717, 1.165) is 11.6 Å². The Kier molecular flexibility index (Phi) is 3.65. The van der Waals surface area contributed by atoms with Crippen LogP contribution >= 0.6 is 0 Å². The van der Waals surface area contributed by atoms with Crippen molar-refractivity contribution >= 4 is 5.69 Å². The van der Waals surface area contributed by atoms with Gasteiger partial charge in [-0.15, -0.1) is 0 Å². The van der Waals surface area contributed by atoms with Crippen molar-refractivity contribution in [3.8, 4) is 5.88 Å². The minimum atomic E-state index is 0.586. The maximum Gasteiger partial charge on any atom is 0.237 e. The lowest BCUT2D eigenvalue weighted by molar-refractivity contribution is 0.399. The first-order valence-electron chi connectivity index (χ1n) is 6.09. The highest BCUT2D eigenvalue weighted by molar-refractivity contribution is 5.52. The van der Waals surface area contributed by atoms with Gasteiger partial charge in [-0.1, -0.05) is 13.3 Å². The highest BCUT2D eigenvalue weighted by atomic mass is 16.5. The van der Waals surface area contributed by atoms with Crippen molar-refractivity contribution in [3.05, 3.63) is 18.3 Å². The molecule has 0 amide bonds. The van der Waals surface area contributed by atoms with E-state index in [2.05, 4.69) is 17.2 Å². The van der Waals surface area contributed by atoms with Gasteiger partial charge < -0.3 is 10.1 Å². The molecular weight excluding hydrogens is 200 g/mol. The molecule has 3 heteroatoms. The summed E-state index contributed by atoms with van der Waals surface area (Å²) in [7, 11) is 1.66. The number of anilines is 1. The molecule has 2 unspecified atom stereocenters. The van der Waals surface area contributed by atoms with Crippen LogP contribution < -0.4 is 10.1 Å². The van der Waals surface area contributed by atoms with Gasteiger partial charge in [0.05, 0.1) is 12.8 Å². The average molecular weight is 220 g/mol. The van der Waals surface area contributed by atoms with Crippen LogP contribution in [0, 0.1) is 5.92 Å². The number of nitrogens with one attached hydrogen (secondary N) is 1. The van der Waals surface area contributed by atoms with Gasteiger partial charge in [0, 0.05) is 12.2 Å². The lowest BCUT2D eigenvalue weighted by atomic mass is 10.1. The molecule has 88 valence electrons. The second kappa shape index (κ2) is 5.19. The van der Waals surface area contributed by atoms with Crippen LogP contribution in [-0.2, 0) is 0 Å². The first-order valence-corrected chi connectivity index (χ1v) is 6.09. The molecular formula is C13H20N2O. The van der Waals surface area contributed by atoms with Gasteiger partial charge >= 0.3 is 0 Å². The summed E-state index contributed by atoms with van der Waals surface area (Å²) in [4.78, 5) is 4.19. The molecule has 1 aliphatic carbocycles. The van der Waals surface area contributed by atoms with Crippen molar-refractivity contribution < 1.29 is 4.74 Å². The number of nitrogens with zero attached hydrogens (tertiary/aromatic N) is 1. The van der Waals surface area contributed by atoms with Crippen molar-refractivity contribution in [1.29, 1.82) is 0 Å². The summed E-state index contributed by atoms with van der Waals surface area (Å²) in [5, 5.41) is 3.54. The van der Waals surface area contributed by atoms with Crippen LogP contribution in [-0.4, -0.2) is 18.1 Å². The van der Waals surface area contributed by atoms with Gasteiger partial charge in [0.1, 0.15) is 0 Å². The van der Waals surface area contributed by atoms with E-state index < -0.39 is 0 Å². The molecule has 0 saturated heterocycles. The molecule has 1 heterocycles. The van der Waals surface area contributed by atoms with Gasteiger partial charge in [0.2, 0.25) is 5.88 Å². The SMILES string of the molecule is CCC1CCC(Nc2cccnc2OC)C1. The van der Waals surface area contributed by atoms with Gasteiger partial charge in [-0.2, -0.15) is 0 Å². The van der Waals surface area contributed by atoms with Crippen LogP contribution in [0.5, 0.6) is 5.88 Å². The number of methoxy groups -OCH3 is 1. The van der Waals surface area contributed by atoms with Crippen molar-refractivity contribution in [3.63, 3.8) is 0 Å². The second-order valence-electron chi connectivity index (χ2n) is 4.49. The molecule has 1 aromatic heterocycles. The lowest BCUT2D eigenvalue weighted by Crippen LogP contribution is -2.16. The molecule has 2 atom stereocenters. The fraction of sp³-hybridized carbons (Fsp3) is 0.615. The fourth-order valence-corrected chi connectivity index (χ4v) is 2.46. The minimum Gasteiger partial charge on any atom is -0.480 e. The van der Waals surface area contributed by atoms with Crippen LogP contribution in [0.25, 0.3) is 0 Å². The fourth-order valence-electron chi connectivity index (χ4n) is 2.46. The Balaban J connectivity index is 1.99. The third-order valence-corrected chi connectivity index (χ3v) is 3.44. The molecule has 3 nitrogen and oxygen atoms in total. The maximum atomic E-state index is 5.24. The highest BCUT2D eigenvalue weighted by Gasteiger charge is 2.23. The molecule has 0 aliphatic heterocycles. The number of ether oxygens (including phenoxy) is 1. The van der Waals surface area contributed by atoms with E-state index in [1.807, 2.05) is 12.1 Å². The summed E-state index contributed by atoms with van der Waals surface area (Å²) in [5.74, 6) is 1.59. The molecule has 1 aliphatic rings. The molecule has 2 rings (SSSR count). The Morgan fingerprint density at radius 2 is 2.38 bits per heavy atom. The second-order valence-corrected chi connectivity index (χ2v) is 4.49. The van der Waals surface area contributed by atoms with E-state index >= 15 is 0 Å². The van der Waals surface area contributed by atoms with E-state index in [9.17, 15) is 0 Å². The summed E-state index contributed by atoms with van der Waals surface area (Å²) in [5.41, 5.74) is 1.02. The van der Waals surface area contributed by atoms with E-state index in [-0.39, 0.29) is 0 Å². The summed E-state index contributed by atoms with van der Waals surface area (Å²) in [6.07, 6.45) is 6.93. The maximum absolute atomic E-state index is 5.24. The minimum absolute atomic E-state index is 0.586. The molecule has 16 heavy (non-hydrogen) atoms. The van der Waals surface area contributed by atoms with Crippen LogP contribution in [0.3, 0.4) is 0 Å². The largest absolute Gasteiger partial charge is 0.480 e. The molecule has 1 fully saturated rings. The number of rotatable bonds is 4. The predicted octanol–water partition coefficient (Wildman–Crippen LogP) is 3.08. The van der Waals surface area contributed by atoms with Gasteiger partial charge in [-0.05, 0) is 37.3 Å². The van der Waals surface area contributed by atoms with Crippen molar-refractivity contribution in [2.45, 2.75) is 38.6 Å². The van der Waals surface area contributed by atoms with Crippen LogP contribution in [0.4, 0.5) is 5.69 Å². The van der Waals surface area contributed by atoms with Crippen molar-refractivity contribution in [1.82, 2.24) is 4.98 Å². The van der Waals surface area contributed by atoms with E-state index in [1.54, 1.807) is 13.3 Å². The third-order valence-electron chi connectivity index (χ3n) is 3.44. The topological polar surface area (TPSA) is 34.2 Å². The Hall–Kier alpha value is -1.25. The molecule has 1 saturated carbocycles. The summed E-state index contributed by atoms with van der Waals surface area (Å²) in [6, 6.07) is 4.56. The summed E-state index contributed by atoms with van der Waals surface area (Å²) in [6.45, 7) is 2.28. The molecule has 1 aromatic rings. The summed E-state index contributed by atoms with van der Waals surface area (Å²) >= 11 is 0. The normalized spacial score (nSPS) is 24.4. The van der Waals surface area contributed by atoms with E-state index in [0.29, 0.717) is 11.9 Å². The Labute approximate surface area is 97.2 Å². The van der Waals surface area contributed by atoms with Crippen molar-refractivity contribution in [2.24, 2.45) is 5.92 Å². The molecule has 1 N–H and O–H groups in total. The standard InChI is InChI=1S/C13H20N2O/c1-3-10-6-7-11(9-10)15-12-5-4-8-14-13(12)16-2/h4-5,8,10-11,15H,3,6-7,9H2,1-2H3. The van der Waals surface area contributed by atoms with E-state index in [4.69, 9.17) is 4.74 Å². The lowest BCUT2D eigenvalue weighted by Gasteiger charge is -2.15. The van der Waals surface area contributed by atoms with E-state index in [1.165, 1.54) is 25.7 Å². The predicted molar refractivity (Wildman–Crippen MR) is 65.8 cm³/mol. The third kappa shape index (κ3) is 2.46. The van der Waals surface area contributed by atoms with Gasteiger partial charge in [-0.3, -0.25) is 0 Å². The number of pyridine rings is 1. The monoisotopic (exact) mass is 220 g/mol. The van der Waals surface area contributed by atoms with Crippen LogP contribution in [0.1, 0.15) is 32.6 Å². The Morgan fingerprint density at radius 3 is 3.06 bits per heavy atom. The number of hydrogen-bond acceptors (Lipinski definition) is 3. The molecule has 0 aromatic carbocycles. The zero-order valence-corrected chi connectivity index (χ0v) is 10.1. The molecule has 0 radical (unpaired) electrons. The number of aromatic nitrogens is 1. The quantitative estimate of drug-likeness (QED) is 0.846. The Bertz CT molecular complexity index is 340. The highest BCUT2D eigenvalue weighted by Crippen LogP contribution is 2.31. The first-order chi connectivity index (χ1) is 7.83. The number of hydrogen-bond donors (Lipinski definition) is 1. The molecule has 0 spiro atoms. The summed E-state index contributed by atoms with van der Waals surface area (Å²) < 4.78 is 5.24. The van der Waals surface area contributed by atoms with Gasteiger partial charge in [-0.25, -0.2) is 4.98 Å². The van der Waals surface area contributed by atoms with Crippen LogP contribution in [0.15, 0.2) is 18.3 Å². The van der Waals surface area contributed by atoms with Crippen LogP contribution in [0.2, 0.25) is 0 Å². The van der Waals surface area contributed by atoms with Gasteiger partial charge in [0.25, 0.3) is 0 Å². The average Bonchev–Trinajstić information content (AvgIpc) is 2.77. The first kappa shape index (κ1) is 11.2. The molecule has 0 bridgehead atoms. The zero-order chi connectivity index (χ0) is 11.4. The zero-order valence-electron chi connectivity index (χ0n) is 10.1. The van der Waals surface area contributed by atoms with Gasteiger partial charge in [0.15, 0.2) is 0 Å². The Morgan fingerprint density at radius 1 is 1.50 bits per heavy atom.